The minimum atomic E-state index is 0.262. The number of rotatable bonds is 2. The second-order valence-electron chi connectivity index (χ2n) is 6.73. The molecule has 3 nitrogen and oxygen atoms in total. The summed E-state index contributed by atoms with van der Waals surface area (Å²) in [5.74, 6) is 0. The Hall–Kier alpha value is -0.120. The molecular weight excluding hydrogens is 224 g/mol. The molecule has 3 fully saturated rings. The standard InChI is InChI=1S/C15H28N2O/c16-13-15(7-11-18-12-8-15)17-9-5-14(6-10-17)3-1-2-4-14/h1-13,16H2. The van der Waals surface area contributed by atoms with E-state index in [0.29, 0.717) is 0 Å². The van der Waals surface area contributed by atoms with Crippen molar-refractivity contribution < 1.29 is 4.74 Å². The van der Waals surface area contributed by atoms with E-state index in [1.807, 2.05) is 0 Å². The van der Waals surface area contributed by atoms with Gasteiger partial charge in [-0.2, -0.15) is 0 Å². The molecule has 1 saturated carbocycles. The fraction of sp³-hybridized carbons (Fsp3) is 1.00. The van der Waals surface area contributed by atoms with Gasteiger partial charge in [-0.15, -0.1) is 0 Å². The molecule has 0 aromatic carbocycles. The average Bonchev–Trinajstić information content (AvgIpc) is 2.89. The monoisotopic (exact) mass is 252 g/mol. The molecule has 3 aliphatic rings. The lowest BCUT2D eigenvalue weighted by molar-refractivity contribution is -0.0485. The van der Waals surface area contributed by atoms with Crippen LogP contribution in [0.4, 0.5) is 0 Å². The van der Waals surface area contributed by atoms with Gasteiger partial charge >= 0.3 is 0 Å². The van der Waals surface area contributed by atoms with Gasteiger partial charge in [-0.05, 0) is 57.0 Å². The van der Waals surface area contributed by atoms with E-state index in [-0.39, 0.29) is 5.54 Å². The van der Waals surface area contributed by atoms with Crippen molar-refractivity contribution >= 4 is 0 Å². The molecule has 1 aliphatic carbocycles. The summed E-state index contributed by atoms with van der Waals surface area (Å²) in [6.45, 7) is 5.16. The van der Waals surface area contributed by atoms with Crippen LogP contribution in [0.25, 0.3) is 0 Å². The molecule has 2 saturated heterocycles. The summed E-state index contributed by atoms with van der Waals surface area (Å²) in [7, 11) is 0. The maximum absolute atomic E-state index is 6.12. The van der Waals surface area contributed by atoms with E-state index in [2.05, 4.69) is 4.90 Å². The lowest BCUT2D eigenvalue weighted by Gasteiger charge is -2.50. The summed E-state index contributed by atoms with van der Waals surface area (Å²) < 4.78 is 5.53. The molecule has 0 radical (unpaired) electrons. The molecule has 18 heavy (non-hydrogen) atoms. The van der Waals surface area contributed by atoms with Crippen molar-refractivity contribution in [3.8, 4) is 0 Å². The number of hydrogen-bond acceptors (Lipinski definition) is 3. The first kappa shape index (κ1) is 12.9. The molecule has 2 N–H and O–H groups in total. The van der Waals surface area contributed by atoms with Gasteiger partial charge in [-0.25, -0.2) is 0 Å². The second kappa shape index (κ2) is 5.10. The summed E-state index contributed by atoms with van der Waals surface area (Å²) in [6, 6.07) is 0. The van der Waals surface area contributed by atoms with Gasteiger partial charge in [-0.1, -0.05) is 12.8 Å². The van der Waals surface area contributed by atoms with Gasteiger partial charge in [0.2, 0.25) is 0 Å². The smallest absolute Gasteiger partial charge is 0.0484 e. The molecule has 3 rings (SSSR count). The van der Waals surface area contributed by atoms with Gasteiger partial charge in [0, 0.05) is 25.3 Å². The van der Waals surface area contributed by atoms with Gasteiger partial charge in [0.15, 0.2) is 0 Å². The van der Waals surface area contributed by atoms with Gasteiger partial charge in [0.1, 0.15) is 0 Å². The molecule has 1 spiro atoms. The Morgan fingerprint density at radius 3 is 2.06 bits per heavy atom. The fourth-order valence-corrected chi connectivity index (χ4v) is 4.48. The molecule has 0 aromatic heterocycles. The fourth-order valence-electron chi connectivity index (χ4n) is 4.48. The van der Waals surface area contributed by atoms with Crippen LogP contribution in [0.1, 0.15) is 51.4 Å². The zero-order valence-electron chi connectivity index (χ0n) is 11.6. The molecule has 0 aromatic rings. The highest BCUT2D eigenvalue weighted by atomic mass is 16.5. The van der Waals surface area contributed by atoms with Gasteiger partial charge in [0.05, 0.1) is 0 Å². The van der Waals surface area contributed by atoms with Crippen LogP contribution < -0.4 is 5.73 Å². The van der Waals surface area contributed by atoms with Crippen molar-refractivity contribution in [1.82, 2.24) is 4.90 Å². The topological polar surface area (TPSA) is 38.5 Å². The van der Waals surface area contributed by atoms with E-state index in [1.54, 1.807) is 0 Å². The zero-order valence-corrected chi connectivity index (χ0v) is 11.6. The Morgan fingerprint density at radius 2 is 1.50 bits per heavy atom. The van der Waals surface area contributed by atoms with Crippen LogP contribution >= 0.6 is 0 Å². The number of likely N-dealkylation sites (tertiary alicyclic amines) is 1. The van der Waals surface area contributed by atoms with Crippen LogP contribution in [0.5, 0.6) is 0 Å². The first-order valence-electron chi connectivity index (χ1n) is 7.82. The predicted molar refractivity (Wildman–Crippen MR) is 73.5 cm³/mol. The number of piperidine rings is 1. The van der Waals surface area contributed by atoms with Crippen LogP contribution in [0.2, 0.25) is 0 Å². The van der Waals surface area contributed by atoms with Crippen molar-refractivity contribution in [3.63, 3.8) is 0 Å². The van der Waals surface area contributed by atoms with Crippen molar-refractivity contribution in [2.24, 2.45) is 11.1 Å². The average molecular weight is 252 g/mol. The lowest BCUT2D eigenvalue weighted by atomic mass is 9.75. The molecule has 0 atom stereocenters. The summed E-state index contributed by atoms with van der Waals surface area (Å²) in [5.41, 5.74) is 7.10. The first-order valence-corrected chi connectivity index (χ1v) is 7.82. The minimum absolute atomic E-state index is 0.262. The van der Waals surface area contributed by atoms with E-state index in [9.17, 15) is 0 Å². The highest BCUT2D eigenvalue weighted by Gasteiger charge is 2.43. The molecular formula is C15H28N2O. The molecule has 0 unspecified atom stereocenters. The minimum Gasteiger partial charge on any atom is -0.381 e. The SMILES string of the molecule is NCC1(N2CCC3(CCCC3)CC2)CCOCC1. The van der Waals surface area contributed by atoms with E-state index < -0.39 is 0 Å². The highest BCUT2D eigenvalue weighted by Crippen LogP contribution is 2.47. The first-order chi connectivity index (χ1) is 8.79. The third-order valence-corrected chi connectivity index (χ3v) is 5.96. The Morgan fingerprint density at radius 1 is 0.889 bits per heavy atom. The molecule has 3 heteroatoms. The van der Waals surface area contributed by atoms with Gasteiger partial charge in [0.25, 0.3) is 0 Å². The second-order valence-corrected chi connectivity index (χ2v) is 6.73. The number of hydrogen-bond donors (Lipinski definition) is 1. The van der Waals surface area contributed by atoms with Crippen molar-refractivity contribution in [2.45, 2.75) is 56.9 Å². The normalized spacial score (nSPS) is 31.8. The number of nitrogens with zero attached hydrogens (tertiary/aromatic N) is 1. The van der Waals surface area contributed by atoms with E-state index in [1.165, 1.54) is 51.6 Å². The van der Waals surface area contributed by atoms with E-state index in [0.717, 1.165) is 38.0 Å². The summed E-state index contributed by atoms with van der Waals surface area (Å²) in [5, 5.41) is 0. The quantitative estimate of drug-likeness (QED) is 0.818. The maximum Gasteiger partial charge on any atom is 0.0484 e. The third-order valence-electron chi connectivity index (χ3n) is 5.96. The molecule has 0 bridgehead atoms. The third kappa shape index (κ3) is 2.21. The molecule has 0 amide bonds. The Bertz CT molecular complexity index is 270. The Labute approximate surface area is 111 Å². The van der Waals surface area contributed by atoms with Crippen LogP contribution in [0.15, 0.2) is 0 Å². The maximum atomic E-state index is 6.12. The van der Waals surface area contributed by atoms with Crippen LogP contribution in [0, 0.1) is 5.41 Å². The summed E-state index contributed by atoms with van der Waals surface area (Å²) in [6.07, 6.45) is 11.0. The molecule has 2 aliphatic heterocycles. The number of nitrogens with two attached hydrogens (primary N) is 1. The van der Waals surface area contributed by atoms with Gasteiger partial charge in [-0.3, -0.25) is 4.90 Å². The molecule has 104 valence electrons. The highest BCUT2D eigenvalue weighted by molar-refractivity contribution is 4.98. The zero-order chi connectivity index (χ0) is 12.5. The summed E-state index contributed by atoms with van der Waals surface area (Å²) in [4.78, 5) is 2.71. The Kier molecular flexibility index (Phi) is 3.65. The van der Waals surface area contributed by atoms with Crippen molar-refractivity contribution in [3.05, 3.63) is 0 Å². The van der Waals surface area contributed by atoms with Crippen molar-refractivity contribution in [2.75, 3.05) is 32.8 Å². The van der Waals surface area contributed by atoms with E-state index in [4.69, 9.17) is 10.5 Å². The Balaban J connectivity index is 1.63. The predicted octanol–water partition coefficient (Wildman–Crippen LogP) is 2.15. The van der Waals surface area contributed by atoms with E-state index >= 15 is 0 Å². The molecule has 2 heterocycles. The number of ether oxygens (including phenoxy) is 1. The van der Waals surface area contributed by atoms with Gasteiger partial charge < -0.3 is 10.5 Å². The summed E-state index contributed by atoms with van der Waals surface area (Å²) >= 11 is 0. The van der Waals surface area contributed by atoms with Crippen LogP contribution in [-0.4, -0.2) is 43.3 Å². The van der Waals surface area contributed by atoms with Crippen LogP contribution in [0.3, 0.4) is 0 Å². The largest absolute Gasteiger partial charge is 0.381 e. The van der Waals surface area contributed by atoms with Crippen molar-refractivity contribution in [1.29, 1.82) is 0 Å². The lowest BCUT2D eigenvalue weighted by Crippen LogP contribution is -2.59. The van der Waals surface area contributed by atoms with Crippen LogP contribution in [-0.2, 0) is 4.74 Å².